The SMILES string of the molecule is Cc1nonc1CC(=O)N1CCC[C@H](c2ccc(Cc3cccc(C(F)(F)F)c3)cn2)C1. The third-order valence-corrected chi connectivity index (χ3v) is 5.77. The van der Waals surface area contributed by atoms with Crippen LogP contribution in [0.25, 0.3) is 0 Å². The molecular weight excluding hydrogens is 421 g/mol. The molecule has 168 valence electrons. The van der Waals surface area contributed by atoms with E-state index >= 15 is 0 Å². The Bertz CT molecular complexity index is 1080. The maximum atomic E-state index is 12.9. The number of piperidine rings is 1. The standard InChI is InChI=1S/C23H23F3N4O2/c1-15-21(29-32-28-15)12-22(31)30-9-3-5-18(14-30)20-8-7-17(13-27-20)10-16-4-2-6-19(11-16)23(24,25)26/h2,4,6-8,11,13,18H,3,5,9-10,12,14H2,1H3/t18-/m0/s1. The number of hydrogen-bond donors (Lipinski definition) is 0. The first kappa shape index (κ1) is 22.0. The quantitative estimate of drug-likeness (QED) is 0.586. The van der Waals surface area contributed by atoms with Crippen molar-refractivity contribution in [3.8, 4) is 0 Å². The van der Waals surface area contributed by atoms with Gasteiger partial charge in [0.1, 0.15) is 11.4 Å². The number of alkyl halides is 3. The van der Waals surface area contributed by atoms with Crippen LogP contribution in [-0.2, 0) is 23.8 Å². The van der Waals surface area contributed by atoms with Gasteiger partial charge in [-0.05, 0) is 49.4 Å². The highest BCUT2D eigenvalue weighted by Gasteiger charge is 2.30. The van der Waals surface area contributed by atoms with Crippen molar-refractivity contribution in [3.63, 3.8) is 0 Å². The van der Waals surface area contributed by atoms with Gasteiger partial charge < -0.3 is 4.90 Å². The second kappa shape index (κ2) is 9.10. The second-order valence-corrected chi connectivity index (χ2v) is 8.12. The molecule has 0 aliphatic carbocycles. The van der Waals surface area contributed by atoms with E-state index in [1.807, 2.05) is 17.0 Å². The number of nitrogens with zero attached hydrogens (tertiary/aromatic N) is 4. The molecule has 0 radical (unpaired) electrons. The lowest BCUT2D eigenvalue weighted by Crippen LogP contribution is -2.40. The van der Waals surface area contributed by atoms with Gasteiger partial charge in [-0.1, -0.05) is 34.6 Å². The first-order chi connectivity index (χ1) is 15.3. The number of pyridine rings is 1. The molecule has 1 aliphatic rings. The topological polar surface area (TPSA) is 72.1 Å². The van der Waals surface area contributed by atoms with E-state index in [9.17, 15) is 18.0 Å². The van der Waals surface area contributed by atoms with Gasteiger partial charge in [0.05, 0.1) is 12.0 Å². The summed E-state index contributed by atoms with van der Waals surface area (Å²) < 4.78 is 43.4. The highest BCUT2D eigenvalue weighted by molar-refractivity contribution is 5.78. The van der Waals surface area contributed by atoms with Crippen LogP contribution in [0, 0.1) is 6.92 Å². The Balaban J connectivity index is 1.39. The molecule has 0 N–H and O–H groups in total. The van der Waals surface area contributed by atoms with E-state index in [4.69, 9.17) is 0 Å². The summed E-state index contributed by atoms with van der Waals surface area (Å²) in [6.45, 7) is 3.01. The largest absolute Gasteiger partial charge is 0.416 e. The number of aromatic nitrogens is 3. The summed E-state index contributed by atoms with van der Waals surface area (Å²) in [5.41, 5.74) is 2.82. The van der Waals surface area contributed by atoms with E-state index in [0.717, 1.165) is 30.2 Å². The molecule has 1 fully saturated rings. The van der Waals surface area contributed by atoms with Crippen LogP contribution in [-0.4, -0.2) is 39.2 Å². The fraction of sp³-hybridized carbons (Fsp3) is 0.391. The van der Waals surface area contributed by atoms with Gasteiger partial charge in [0.2, 0.25) is 5.91 Å². The van der Waals surface area contributed by atoms with Crippen LogP contribution in [0.5, 0.6) is 0 Å². The minimum atomic E-state index is -4.36. The summed E-state index contributed by atoms with van der Waals surface area (Å²) in [4.78, 5) is 19.0. The van der Waals surface area contributed by atoms with Gasteiger partial charge in [-0.3, -0.25) is 9.78 Å². The van der Waals surface area contributed by atoms with E-state index in [-0.39, 0.29) is 18.2 Å². The number of halogens is 3. The van der Waals surface area contributed by atoms with Crippen molar-refractivity contribution in [1.29, 1.82) is 0 Å². The second-order valence-electron chi connectivity index (χ2n) is 8.12. The van der Waals surface area contributed by atoms with Gasteiger partial charge in [-0.2, -0.15) is 13.2 Å². The first-order valence-electron chi connectivity index (χ1n) is 10.5. The molecule has 32 heavy (non-hydrogen) atoms. The first-order valence-corrected chi connectivity index (χ1v) is 10.5. The molecule has 2 aromatic heterocycles. The smallest absolute Gasteiger partial charge is 0.342 e. The molecule has 3 aromatic rings. The lowest BCUT2D eigenvalue weighted by molar-refractivity contribution is -0.137. The number of benzene rings is 1. The average molecular weight is 444 g/mol. The number of rotatable bonds is 5. The number of carbonyl (C=O) groups is 1. The third kappa shape index (κ3) is 5.15. The van der Waals surface area contributed by atoms with Crippen LogP contribution in [0.2, 0.25) is 0 Å². The van der Waals surface area contributed by atoms with E-state index < -0.39 is 11.7 Å². The molecule has 1 aliphatic heterocycles. The molecular formula is C23H23F3N4O2. The van der Waals surface area contributed by atoms with Gasteiger partial charge in [-0.15, -0.1) is 0 Å². The minimum Gasteiger partial charge on any atom is -0.342 e. The number of aryl methyl sites for hydroxylation is 1. The molecule has 9 heteroatoms. The Morgan fingerprint density at radius 3 is 2.72 bits per heavy atom. The zero-order valence-corrected chi connectivity index (χ0v) is 17.6. The minimum absolute atomic E-state index is 0.0188. The van der Waals surface area contributed by atoms with Crippen LogP contribution < -0.4 is 0 Å². The Labute approximate surface area is 183 Å². The van der Waals surface area contributed by atoms with Gasteiger partial charge >= 0.3 is 6.18 Å². The Hall–Kier alpha value is -3.23. The monoisotopic (exact) mass is 444 g/mol. The summed E-state index contributed by atoms with van der Waals surface area (Å²) in [5, 5.41) is 7.49. The Kier molecular flexibility index (Phi) is 6.25. The fourth-order valence-electron chi connectivity index (χ4n) is 3.99. The van der Waals surface area contributed by atoms with Crippen molar-refractivity contribution >= 4 is 5.91 Å². The Morgan fingerprint density at radius 1 is 1.19 bits per heavy atom. The molecule has 0 spiro atoms. The molecule has 4 rings (SSSR count). The van der Waals surface area contributed by atoms with Crippen LogP contribution >= 0.6 is 0 Å². The number of hydrogen-bond acceptors (Lipinski definition) is 5. The molecule has 0 unspecified atom stereocenters. The van der Waals surface area contributed by atoms with Crippen molar-refractivity contribution in [1.82, 2.24) is 20.2 Å². The van der Waals surface area contributed by atoms with Crippen molar-refractivity contribution < 1.29 is 22.6 Å². The van der Waals surface area contributed by atoms with Crippen LogP contribution in [0.3, 0.4) is 0 Å². The normalized spacial score (nSPS) is 16.9. The van der Waals surface area contributed by atoms with E-state index in [1.54, 1.807) is 19.2 Å². The Morgan fingerprint density at radius 2 is 2.03 bits per heavy atom. The van der Waals surface area contributed by atoms with E-state index in [2.05, 4.69) is 19.9 Å². The maximum Gasteiger partial charge on any atom is 0.416 e. The lowest BCUT2D eigenvalue weighted by atomic mass is 9.93. The zero-order chi connectivity index (χ0) is 22.7. The molecule has 1 saturated heterocycles. The molecule has 3 heterocycles. The zero-order valence-electron chi connectivity index (χ0n) is 17.6. The van der Waals surface area contributed by atoms with Crippen molar-refractivity contribution in [2.45, 2.75) is 44.7 Å². The third-order valence-electron chi connectivity index (χ3n) is 5.77. The van der Waals surface area contributed by atoms with Gasteiger partial charge in [0.15, 0.2) is 0 Å². The molecule has 6 nitrogen and oxygen atoms in total. The highest BCUT2D eigenvalue weighted by atomic mass is 19.4. The molecule has 1 atom stereocenters. The van der Waals surface area contributed by atoms with Crippen molar-refractivity contribution in [2.24, 2.45) is 0 Å². The number of amides is 1. The summed E-state index contributed by atoms with van der Waals surface area (Å²) >= 11 is 0. The van der Waals surface area contributed by atoms with Crippen molar-refractivity contribution in [2.75, 3.05) is 13.1 Å². The van der Waals surface area contributed by atoms with E-state index in [1.165, 1.54) is 12.1 Å². The molecule has 1 aromatic carbocycles. The summed E-state index contributed by atoms with van der Waals surface area (Å²) in [6, 6.07) is 9.15. The molecule has 0 bridgehead atoms. The number of carbonyl (C=O) groups excluding carboxylic acids is 1. The van der Waals surface area contributed by atoms with Crippen molar-refractivity contribution in [3.05, 3.63) is 76.4 Å². The van der Waals surface area contributed by atoms with Crippen LogP contribution in [0.1, 0.15) is 52.5 Å². The van der Waals surface area contributed by atoms with Crippen LogP contribution in [0.4, 0.5) is 13.2 Å². The summed E-state index contributed by atoms with van der Waals surface area (Å²) in [7, 11) is 0. The van der Waals surface area contributed by atoms with Crippen LogP contribution in [0.15, 0.2) is 47.2 Å². The predicted octanol–water partition coefficient (Wildman–Crippen LogP) is 4.33. The summed E-state index contributed by atoms with van der Waals surface area (Å²) in [5.74, 6) is 0.0986. The van der Waals surface area contributed by atoms with Gasteiger partial charge in [-0.25, -0.2) is 4.63 Å². The van der Waals surface area contributed by atoms with Gasteiger partial charge in [0, 0.05) is 30.9 Å². The molecule has 0 saturated carbocycles. The average Bonchev–Trinajstić information content (AvgIpc) is 3.18. The van der Waals surface area contributed by atoms with Gasteiger partial charge in [0.25, 0.3) is 0 Å². The molecule has 1 amide bonds. The fourth-order valence-corrected chi connectivity index (χ4v) is 3.99. The maximum absolute atomic E-state index is 12.9. The summed E-state index contributed by atoms with van der Waals surface area (Å²) in [6.07, 6.45) is -0.316. The highest BCUT2D eigenvalue weighted by Crippen LogP contribution is 2.30. The lowest BCUT2D eigenvalue weighted by Gasteiger charge is -2.32. The van der Waals surface area contributed by atoms with E-state index in [0.29, 0.717) is 36.5 Å². The number of likely N-dealkylation sites (tertiary alicyclic amines) is 1. The predicted molar refractivity (Wildman–Crippen MR) is 110 cm³/mol.